The summed E-state index contributed by atoms with van der Waals surface area (Å²) < 4.78 is 33.4. The topological polar surface area (TPSA) is 119 Å². The second-order valence-electron chi connectivity index (χ2n) is 6.72. The number of non-ortho nitro benzene ring substituents is 1. The Morgan fingerprint density at radius 3 is 2.48 bits per heavy atom. The third-order valence-electron chi connectivity index (χ3n) is 4.68. The predicted molar refractivity (Wildman–Crippen MR) is 114 cm³/mol. The number of nitro benzene ring substituents is 1. The standard InChI is InChI=1S/C21H17N3O6S/c25-21(22-15-7-6-8-16(13-15)24(26)27)20-14-23(18-11-4-5-12-19(18)30-20)31(28,29)17-9-2-1-3-10-17/h1-13,20H,14H2,(H,22,25)/t20-/m0/s1. The number of sulfonamides is 1. The molecule has 1 aliphatic rings. The van der Waals surface area contributed by atoms with Crippen LogP contribution in [0.1, 0.15) is 0 Å². The number of nitrogens with zero attached hydrogens (tertiary/aromatic N) is 2. The van der Waals surface area contributed by atoms with E-state index in [2.05, 4.69) is 5.32 Å². The van der Waals surface area contributed by atoms with Gasteiger partial charge in [0.2, 0.25) is 0 Å². The Balaban J connectivity index is 1.65. The smallest absolute Gasteiger partial charge is 0.271 e. The van der Waals surface area contributed by atoms with E-state index in [9.17, 15) is 23.3 Å². The number of hydrogen-bond donors (Lipinski definition) is 1. The minimum atomic E-state index is -3.95. The molecule has 10 heteroatoms. The molecular formula is C21H17N3O6S. The summed E-state index contributed by atoms with van der Waals surface area (Å²) in [5, 5.41) is 13.5. The van der Waals surface area contributed by atoms with Gasteiger partial charge in [-0.15, -0.1) is 0 Å². The van der Waals surface area contributed by atoms with Gasteiger partial charge < -0.3 is 10.1 Å². The van der Waals surface area contributed by atoms with E-state index in [-0.39, 0.29) is 28.6 Å². The van der Waals surface area contributed by atoms with Gasteiger partial charge in [-0.25, -0.2) is 8.42 Å². The Morgan fingerprint density at radius 2 is 1.74 bits per heavy atom. The molecule has 1 N–H and O–H groups in total. The molecule has 4 rings (SSSR count). The highest BCUT2D eigenvalue weighted by atomic mass is 32.2. The van der Waals surface area contributed by atoms with Crippen LogP contribution in [0.5, 0.6) is 5.75 Å². The first kappa shape index (κ1) is 20.4. The summed E-state index contributed by atoms with van der Waals surface area (Å²) >= 11 is 0. The quantitative estimate of drug-likeness (QED) is 0.482. The summed E-state index contributed by atoms with van der Waals surface area (Å²) in [5.41, 5.74) is 0.353. The molecule has 31 heavy (non-hydrogen) atoms. The lowest BCUT2D eigenvalue weighted by Gasteiger charge is -2.34. The van der Waals surface area contributed by atoms with E-state index in [1.165, 1.54) is 36.4 Å². The van der Waals surface area contributed by atoms with Crippen molar-refractivity contribution in [2.75, 3.05) is 16.2 Å². The lowest BCUT2D eigenvalue weighted by Crippen LogP contribution is -2.48. The molecule has 1 atom stereocenters. The van der Waals surface area contributed by atoms with Gasteiger partial charge in [0, 0.05) is 17.8 Å². The maximum atomic E-state index is 13.3. The number of benzene rings is 3. The van der Waals surface area contributed by atoms with Crippen molar-refractivity contribution >= 4 is 33.0 Å². The first-order valence-electron chi connectivity index (χ1n) is 9.25. The molecule has 1 amide bonds. The zero-order valence-electron chi connectivity index (χ0n) is 16.0. The van der Waals surface area contributed by atoms with Gasteiger partial charge in [-0.2, -0.15) is 0 Å². The fourth-order valence-electron chi connectivity index (χ4n) is 3.21. The van der Waals surface area contributed by atoms with Gasteiger partial charge in [-0.05, 0) is 30.3 Å². The average molecular weight is 439 g/mol. The molecule has 0 aliphatic carbocycles. The molecule has 1 heterocycles. The van der Waals surface area contributed by atoms with Gasteiger partial charge in [0.25, 0.3) is 21.6 Å². The molecule has 0 unspecified atom stereocenters. The lowest BCUT2D eigenvalue weighted by atomic mass is 10.2. The predicted octanol–water partition coefficient (Wildman–Crippen LogP) is 3.19. The Morgan fingerprint density at radius 1 is 1.03 bits per heavy atom. The van der Waals surface area contributed by atoms with E-state index in [0.29, 0.717) is 5.69 Å². The lowest BCUT2D eigenvalue weighted by molar-refractivity contribution is -0.384. The van der Waals surface area contributed by atoms with Crippen molar-refractivity contribution in [1.82, 2.24) is 0 Å². The molecule has 0 saturated heterocycles. The van der Waals surface area contributed by atoms with Crippen molar-refractivity contribution < 1.29 is 22.9 Å². The molecule has 0 aromatic heterocycles. The minimum Gasteiger partial charge on any atom is -0.476 e. The van der Waals surface area contributed by atoms with Crippen molar-refractivity contribution in [2.45, 2.75) is 11.0 Å². The summed E-state index contributed by atoms with van der Waals surface area (Å²) in [6.45, 7) is -0.255. The highest BCUT2D eigenvalue weighted by Gasteiger charge is 2.37. The number of hydrogen-bond acceptors (Lipinski definition) is 6. The Labute approximate surface area is 178 Å². The van der Waals surface area contributed by atoms with Crippen LogP contribution in [0.25, 0.3) is 0 Å². The number of rotatable bonds is 5. The van der Waals surface area contributed by atoms with Crippen molar-refractivity contribution in [2.24, 2.45) is 0 Å². The fourth-order valence-corrected chi connectivity index (χ4v) is 4.70. The van der Waals surface area contributed by atoms with Crippen LogP contribution in [0.3, 0.4) is 0 Å². The molecule has 0 bridgehead atoms. The number of nitro groups is 1. The van der Waals surface area contributed by atoms with Crippen LogP contribution in [0, 0.1) is 10.1 Å². The monoisotopic (exact) mass is 439 g/mol. The van der Waals surface area contributed by atoms with Gasteiger partial charge >= 0.3 is 0 Å². The number of carbonyl (C=O) groups excluding carboxylic acids is 1. The zero-order chi connectivity index (χ0) is 22.0. The summed E-state index contributed by atoms with van der Waals surface area (Å²) in [6.07, 6.45) is -1.16. The molecule has 3 aromatic carbocycles. The molecule has 0 fully saturated rings. The zero-order valence-corrected chi connectivity index (χ0v) is 16.9. The fraction of sp³-hybridized carbons (Fsp3) is 0.0952. The van der Waals surface area contributed by atoms with E-state index in [1.54, 1.807) is 42.5 Å². The summed E-state index contributed by atoms with van der Waals surface area (Å²) in [5.74, 6) is -0.379. The number of amides is 1. The van der Waals surface area contributed by atoms with E-state index >= 15 is 0 Å². The number of anilines is 2. The second-order valence-corrected chi connectivity index (χ2v) is 8.58. The molecule has 0 radical (unpaired) electrons. The Bertz CT molecular complexity index is 1250. The number of para-hydroxylation sites is 2. The maximum absolute atomic E-state index is 13.3. The van der Waals surface area contributed by atoms with Gasteiger partial charge in [0.15, 0.2) is 6.10 Å². The molecule has 1 aliphatic heterocycles. The average Bonchev–Trinajstić information content (AvgIpc) is 2.79. The molecule has 158 valence electrons. The van der Waals surface area contributed by atoms with Gasteiger partial charge in [-0.1, -0.05) is 36.4 Å². The first-order valence-corrected chi connectivity index (χ1v) is 10.7. The highest BCUT2D eigenvalue weighted by molar-refractivity contribution is 7.92. The van der Waals surface area contributed by atoms with Crippen molar-refractivity contribution in [3.8, 4) is 5.75 Å². The van der Waals surface area contributed by atoms with Crippen molar-refractivity contribution in [1.29, 1.82) is 0 Å². The van der Waals surface area contributed by atoms with Crippen LogP contribution < -0.4 is 14.4 Å². The maximum Gasteiger partial charge on any atom is 0.271 e. The minimum absolute atomic E-state index is 0.0875. The SMILES string of the molecule is O=C(Nc1cccc([N+](=O)[O-])c1)[C@@H]1CN(S(=O)(=O)c2ccccc2)c2ccccc2O1. The number of ether oxygens (including phenoxy) is 1. The Kier molecular flexibility index (Phi) is 5.30. The second kappa shape index (κ2) is 8.07. The third-order valence-corrected chi connectivity index (χ3v) is 6.48. The summed E-state index contributed by atoms with van der Waals surface area (Å²) in [7, 11) is -3.95. The molecular weight excluding hydrogens is 422 g/mol. The first-order chi connectivity index (χ1) is 14.9. The van der Waals surface area contributed by atoms with Gasteiger partial charge in [0.05, 0.1) is 22.1 Å². The number of nitrogens with one attached hydrogen (secondary N) is 1. The van der Waals surface area contributed by atoms with Gasteiger partial charge in [0.1, 0.15) is 5.75 Å². The molecule has 0 saturated carbocycles. The molecule has 9 nitrogen and oxygen atoms in total. The van der Waals surface area contributed by atoms with Crippen LogP contribution in [-0.2, 0) is 14.8 Å². The van der Waals surface area contributed by atoms with E-state index in [1.807, 2.05) is 0 Å². The summed E-state index contributed by atoms with van der Waals surface area (Å²) in [4.78, 5) is 23.3. The normalized spacial score (nSPS) is 15.5. The highest BCUT2D eigenvalue weighted by Crippen LogP contribution is 2.37. The van der Waals surface area contributed by atoms with Gasteiger partial charge in [-0.3, -0.25) is 19.2 Å². The van der Waals surface area contributed by atoms with E-state index in [0.717, 1.165) is 4.31 Å². The van der Waals surface area contributed by atoms with E-state index < -0.39 is 27.0 Å². The van der Waals surface area contributed by atoms with Crippen molar-refractivity contribution in [3.63, 3.8) is 0 Å². The van der Waals surface area contributed by atoms with Crippen LogP contribution in [0.2, 0.25) is 0 Å². The summed E-state index contributed by atoms with van der Waals surface area (Å²) in [6, 6.07) is 19.9. The van der Waals surface area contributed by atoms with Crippen LogP contribution in [0.4, 0.5) is 17.1 Å². The van der Waals surface area contributed by atoms with Crippen LogP contribution in [0.15, 0.2) is 83.8 Å². The largest absolute Gasteiger partial charge is 0.476 e. The number of fused-ring (bicyclic) bond motifs is 1. The molecule has 0 spiro atoms. The van der Waals surface area contributed by atoms with Crippen LogP contribution in [-0.4, -0.2) is 31.9 Å². The Hall–Kier alpha value is -3.92. The molecule has 3 aromatic rings. The van der Waals surface area contributed by atoms with E-state index in [4.69, 9.17) is 4.74 Å². The van der Waals surface area contributed by atoms with Crippen LogP contribution >= 0.6 is 0 Å². The van der Waals surface area contributed by atoms with Crippen molar-refractivity contribution in [3.05, 3.63) is 89.0 Å². The third kappa shape index (κ3) is 4.05. The number of carbonyl (C=O) groups is 1.